The van der Waals surface area contributed by atoms with Crippen LogP contribution in [0.1, 0.15) is 52.0 Å². The molecule has 0 aliphatic carbocycles. The summed E-state index contributed by atoms with van der Waals surface area (Å²) in [7, 11) is 0. The molecule has 0 unspecified atom stereocenters. The lowest BCUT2D eigenvalue weighted by atomic mass is 9.90. The van der Waals surface area contributed by atoms with Crippen molar-refractivity contribution in [3.63, 3.8) is 0 Å². The van der Waals surface area contributed by atoms with Crippen molar-refractivity contribution in [3.8, 4) is 0 Å². The predicted octanol–water partition coefficient (Wildman–Crippen LogP) is 4.02. The van der Waals surface area contributed by atoms with Crippen molar-refractivity contribution >= 4 is 11.8 Å². The molecule has 2 aliphatic heterocycles. The van der Waals surface area contributed by atoms with Gasteiger partial charge in [0.2, 0.25) is 0 Å². The van der Waals surface area contributed by atoms with Gasteiger partial charge < -0.3 is 9.80 Å². The summed E-state index contributed by atoms with van der Waals surface area (Å²) in [5.74, 6) is 0.734. The Morgan fingerprint density at radius 1 is 0.750 bits per heavy atom. The molecule has 0 N–H and O–H groups in total. The Hall–Kier alpha value is -2.62. The van der Waals surface area contributed by atoms with E-state index in [9.17, 15) is 9.59 Å². The van der Waals surface area contributed by atoms with Gasteiger partial charge in [-0.2, -0.15) is 0 Å². The SMILES string of the molecule is O=C(c1cccc(C(=O)N2CCC(Cc3ccccc3)CC2)c1)N1CCCC1. The van der Waals surface area contributed by atoms with Gasteiger partial charge in [-0.3, -0.25) is 9.59 Å². The molecule has 4 heteroatoms. The molecule has 146 valence electrons. The van der Waals surface area contributed by atoms with Crippen LogP contribution in [0.5, 0.6) is 0 Å². The Morgan fingerprint density at radius 3 is 1.93 bits per heavy atom. The van der Waals surface area contributed by atoms with Crippen LogP contribution in [-0.4, -0.2) is 47.8 Å². The molecule has 0 bridgehead atoms. The third-order valence-electron chi connectivity index (χ3n) is 6.02. The minimum absolute atomic E-state index is 0.0497. The molecule has 0 radical (unpaired) electrons. The van der Waals surface area contributed by atoms with Gasteiger partial charge in [0, 0.05) is 37.3 Å². The van der Waals surface area contributed by atoms with Gasteiger partial charge in [-0.1, -0.05) is 36.4 Å². The van der Waals surface area contributed by atoms with Gasteiger partial charge in [0.05, 0.1) is 0 Å². The number of rotatable bonds is 4. The molecule has 2 amide bonds. The Morgan fingerprint density at radius 2 is 1.32 bits per heavy atom. The number of amides is 2. The van der Waals surface area contributed by atoms with Crippen LogP contribution in [0, 0.1) is 5.92 Å². The number of benzene rings is 2. The molecule has 0 spiro atoms. The highest BCUT2D eigenvalue weighted by Crippen LogP contribution is 2.23. The summed E-state index contributed by atoms with van der Waals surface area (Å²) in [6.45, 7) is 3.24. The second-order valence-corrected chi connectivity index (χ2v) is 8.01. The van der Waals surface area contributed by atoms with E-state index in [-0.39, 0.29) is 11.8 Å². The lowest BCUT2D eigenvalue weighted by Gasteiger charge is -2.32. The first-order valence-electron chi connectivity index (χ1n) is 10.4. The van der Waals surface area contributed by atoms with Crippen LogP contribution in [0.3, 0.4) is 0 Å². The quantitative estimate of drug-likeness (QED) is 0.809. The van der Waals surface area contributed by atoms with Gasteiger partial charge in [0.15, 0.2) is 0 Å². The molecule has 0 atom stereocenters. The topological polar surface area (TPSA) is 40.6 Å². The van der Waals surface area contributed by atoms with Crippen LogP contribution in [-0.2, 0) is 6.42 Å². The fourth-order valence-electron chi connectivity index (χ4n) is 4.36. The highest BCUT2D eigenvalue weighted by Gasteiger charge is 2.25. The summed E-state index contributed by atoms with van der Waals surface area (Å²) in [6, 6.07) is 17.9. The molecule has 2 aliphatic rings. The molecule has 2 aromatic carbocycles. The minimum Gasteiger partial charge on any atom is -0.339 e. The largest absolute Gasteiger partial charge is 0.339 e. The number of carbonyl (C=O) groups is 2. The number of carbonyl (C=O) groups excluding carboxylic acids is 2. The highest BCUT2D eigenvalue weighted by atomic mass is 16.2. The molecule has 2 fully saturated rings. The third-order valence-corrected chi connectivity index (χ3v) is 6.02. The van der Waals surface area contributed by atoms with E-state index < -0.39 is 0 Å². The van der Waals surface area contributed by atoms with Crippen LogP contribution in [0.25, 0.3) is 0 Å². The molecule has 2 aromatic rings. The van der Waals surface area contributed by atoms with Crippen LogP contribution >= 0.6 is 0 Å². The lowest BCUT2D eigenvalue weighted by Crippen LogP contribution is -2.39. The number of nitrogens with zero attached hydrogens (tertiary/aromatic N) is 2. The summed E-state index contributed by atoms with van der Waals surface area (Å²) in [6.07, 6.45) is 5.30. The fourth-order valence-corrected chi connectivity index (χ4v) is 4.36. The van der Waals surface area contributed by atoms with Crippen molar-refractivity contribution in [2.45, 2.75) is 32.1 Å². The maximum absolute atomic E-state index is 13.0. The Bertz CT molecular complexity index is 820. The van der Waals surface area contributed by atoms with Gasteiger partial charge in [0.25, 0.3) is 11.8 Å². The van der Waals surface area contributed by atoms with Gasteiger partial charge in [-0.25, -0.2) is 0 Å². The zero-order valence-electron chi connectivity index (χ0n) is 16.3. The first-order valence-corrected chi connectivity index (χ1v) is 10.4. The average Bonchev–Trinajstić information content (AvgIpc) is 3.29. The number of hydrogen-bond acceptors (Lipinski definition) is 2. The van der Waals surface area contributed by atoms with Crippen LogP contribution in [0.2, 0.25) is 0 Å². The van der Waals surface area contributed by atoms with E-state index in [1.54, 1.807) is 6.07 Å². The summed E-state index contributed by atoms with van der Waals surface area (Å²) >= 11 is 0. The molecule has 4 nitrogen and oxygen atoms in total. The molecule has 28 heavy (non-hydrogen) atoms. The zero-order valence-corrected chi connectivity index (χ0v) is 16.3. The number of hydrogen-bond donors (Lipinski definition) is 0. The Kier molecular flexibility index (Phi) is 5.75. The van der Waals surface area contributed by atoms with Gasteiger partial charge in [0.1, 0.15) is 0 Å². The van der Waals surface area contributed by atoms with Gasteiger partial charge in [-0.05, 0) is 61.8 Å². The van der Waals surface area contributed by atoms with Crippen molar-refractivity contribution in [3.05, 3.63) is 71.3 Å². The van der Waals surface area contributed by atoms with Crippen LogP contribution < -0.4 is 0 Å². The summed E-state index contributed by atoms with van der Waals surface area (Å²) in [5.41, 5.74) is 2.64. The normalized spacial score (nSPS) is 17.7. The lowest BCUT2D eigenvalue weighted by molar-refractivity contribution is 0.0690. The second kappa shape index (κ2) is 8.59. The maximum Gasteiger partial charge on any atom is 0.253 e. The fraction of sp³-hybridized carbons (Fsp3) is 0.417. The van der Waals surface area contributed by atoms with E-state index in [0.717, 1.165) is 58.3 Å². The smallest absolute Gasteiger partial charge is 0.253 e. The average molecular weight is 377 g/mol. The maximum atomic E-state index is 13.0. The monoisotopic (exact) mass is 376 g/mol. The van der Waals surface area contributed by atoms with E-state index in [4.69, 9.17) is 0 Å². The van der Waals surface area contributed by atoms with E-state index in [0.29, 0.717) is 17.0 Å². The van der Waals surface area contributed by atoms with Crippen molar-refractivity contribution in [1.29, 1.82) is 0 Å². The van der Waals surface area contributed by atoms with Crippen molar-refractivity contribution in [2.24, 2.45) is 5.92 Å². The second-order valence-electron chi connectivity index (χ2n) is 8.01. The molecule has 2 saturated heterocycles. The summed E-state index contributed by atoms with van der Waals surface area (Å²) in [4.78, 5) is 29.4. The van der Waals surface area contributed by atoms with Gasteiger partial charge >= 0.3 is 0 Å². The number of piperidine rings is 1. The van der Waals surface area contributed by atoms with Gasteiger partial charge in [-0.15, -0.1) is 0 Å². The van der Waals surface area contributed by atoms with Crippen molar-refractivity contribution in [1.82, 2.24) is 9.80 Å². The van der Waals surface area contributed by atoms with Crippen molar-refractivity contribution in [2.75, 3.05) is 26.2 Å². The zero-order chi connectivity index (χ0) is 19.3. The highest BCUT2D eigenvalue weighted by molar-refractivity contribution is 5.99. The standard InChI is InChI=1S/C24H28N2O2/c27-23(25-13-4-5-14-25)21-9-6-10-22(18-21)24(28)26-15-11-20(12-16-26)17-19-7-2-1-3-8-19/h1-3,6-10,18,20H,4-5,11-17H2. The molecule has 4 rings (SSSR count). The predicted molar refractivity (Wildman–Crippen MR) is 110 cm³/mol. The van der Waals surface area contributed by atoms with Crippen molar-refractivity contribution < 1.29 is 9.59 Å². The summed E-state index contributed by atoms with van der Waals surface area (Å²) in [5, 5.41) is 0. The molecule has 2 heterocycles. The first-order chi connectivity index (χ1) is 13.7. The Labute approximate surface area is 167 Å². The minimum atomic E-state index is 0.0497. The van der Waals surface area contributed by atoms with E-state index >= 15 is 0 Å². The molecule has 0 aromatic heterocycles. The summed E-state index contributed by atoms with van der Waals surface area (Å²) < 4.78 is 0. The van der Waals surface area contributed by atoms with E-state index in [2.05, 4.69) is 24.3 Å². The number of likely N-dealkylation sites (tertiary alicyclic amines) is 2. The Balaban J connectivity index is 1.36. The molecule has 0 saturated carbocycles. The van der Waals surface area contributed by atoms with E-state index in [1.165, 1.54) is 5.56 Å². The van der Waals surface area contributed by atoms with E-state index in [1.807, 2.05) is 34.1 Å². The third kappa shape index (κ3) is 4.27. The van der Waals surface area contributed by atoms with Crippen LogP contribution in [0.4, 0.5) is 0 Å². The first kappa shape index (κ1) is 18.7. The van der Waals surface area contributed by atoms with Crippen LogP contribution in [0.15, 0.2) is 54.6 Å². The molecular weight excluding hydrogens is 348 g/mol. The molecular formula is C24H28N2O2.